The number of ether oxygens (including phenoxy) is 1. The number of hydrogen-bond acceptors (Lipinski definition) is 10. The number of alkyl halides is 3. The number of anilines is 3. The van der Waals surface area contributed by atoms with Crippen molar-refractivity contribution in [1.29, 1.82) is 0 Å². The lowest BCUT2D eigenvalue weighted by Crippen LogP contribution is -2.49. The Morgan fingerprint density at radius 1 is 1.16 bits per heavy atom. The van der Waals surface area contributed by atoms with Gasteiger partial charge in [-0.1, -0.05) is 0 Å². The van der Waals surface area contributed by atoms with E-state index in [9.17, 15) is 21.6 Å². The van der Waals surface area contributed by atoms with Gasteiger partial charge in [0.15, 0.2) is 9.84 Å². The van der Waals surface area contributed by atoms with Crippen molar-refractivity contribution < 1.29 is 26.3 Å². The lowest BCUT2D eigenvalue weighted by Gasteiger charge is -2.36. The minimum atomic E-state index is -4.72. The van der Waals surface area contributed by atoms with E-state index < -0.39 is 21.6 Å². The Bertz CT molecular complexity index is 1640. The second kappa shape index (κ2) is 11.0. The van der Waals surface area contributed by atoms with Crippen LogP contribution in [0, 0.1) is 0 Å². The lowest BCUT2D eigenvalue weighted by atomic mass is 10.1. The van der Waals surface area contributed by atoms with E-state index >= 15 is 0 Å². The number of piperazine rings is 1. The molecular formula is C29H33F3N6O3S2. The zero-order chi connectivity index (χ0) is 29.9. The highest BCUT2D eigenvalue weighted by atomic mass is 32.2. The molecule has 230 valence electrons. The number of thiophene rings is 1. The zero-order valence-corrected chi connectivity index (χ0v) is 25.3. The molecule has 7 rings (SSSR count). The maximum atomic E-state index is 14.2. The van der Waals surface area contributed by atoms with Gasteiger partial charge in [-0.25, -0.2) is 18.4 Å². The van der Waals surface area contributed by atoms with Crippen LogP contribution in [0.2, 0.25) is 0 Å². The van der Waals surface area contributed by atoms with E-state index in [0.717, 1.165) is 66.9 Å². The number of nitrogens with one attached hydrogen (secondary N) is 2. The number of rotatable bonds is 6. The molecule has 3 aliphatic heterocycles. The summed E-state index contributed by atoms with van der Waals surface area (Å²) < 4.78 is 74.2. The van der Waals surface area contributed by atoms with Crippen molar-refractivity contribution in [2.75, 3.05) is 55.4 Å². The van der Waals surface area contributed by atoms with Crippen LogP contribution in [0.1, 0.15) is 41.7 Å². The van der Waals surface area contributed by atoms with Gasteiger partial charge in [0.1, 0.15) is 5.56 Å². The Morgan fingerprint density at radius 2 is 1.98 bits per heavy atom. The predicted octanol–water partition coefficient (Wildman–Crippen LogP) is 4.63. The SMILES string of the molecule is CC1CN(c2ccc(Nc3ncc(C(F)(F)F)c(-c4cc5c(s4)CN(C4COC4)CCS5(=O)=O)n3)c(C3CC3)c2)CCN1. The van der Waals surface area contributed by atoms with Crippen LogP contribution in [0.4, 0.5) is 30.5 Å². The molecule has 3 fully saturated rings. The standard InChI is InChI=1S/C29H33F3N6O3S2/c1-17-13-37(7-6-33-17)19-4-5-23(21(10-19)18-2-3-18)35-28-34-12-22(29(30,31)32)27(36-28)24-11-26-25(42-24)14-38(20-15-41-16-20)8-9-43(26,39)40/h4-5,10-12,17-18,20,33H,2-3,6-9,13-16H2,1H3,(H,34,35,36). The summed E-state index contributed by atoms with van der Waals surface area (Å²) in [5.41, 5.74) is 1.67. The molecule has 0 radical (unpaired) electrons. The molecule has 1 unspecified atom stereocenters. The van der Waals surface area contributed by atoms with Crippen LogP contribution < -0.4 is 15.5 Å². The average molecular weight is 635 g/mol. The Labute approximate surface area is 252 Å². The van der Waals surface area contributed by atoms with Crippen molar-refractivity contribution in [2.24, 2.45) is 0 Å². The minimum Gasteiger partial charge on any atom is -0.378 e. The topological polar surface area (TPSA) is 99.7 Å². The Kier molecular flexibility index (Phi) is 7.40. The first-order valence-electron chi connectivity index (χ1n) is 14.6. The summed E-state index contributed by atoms with van der Waals surface area (Å²) in [4.78, 5) is 13.6. The summed E-state index contributed by atoms with van der Waals surface area (Å²) in [7, 11) is -3.67. The molecule has 2 N–H and O–H groups in total. The van der Waals surface area contributed by atoms with Crippen molar-refractivity contribution in [2.45, 2.75) is 55.4 Å². The fraction of sp³-hybridized carbons (Fsp3) is 0.517. The van der Waals surface area contributed by atoms with E-state index in [1.165, 1.54) is 6.07 Å². The predicted molar refractivity (Wildman–Crippen MR) is 159 cm³/mol. The van der Waals surface area contributed by atoms with Crippen LogP contribution in [-0.2, 0) is 27.3 Å². The van der Waals surface area contributed by atoms with Crippen molar-refractivity contribution in [3.63, 3.8) is 0 Å². The molecule has 14 heteroatoms. The normalized spacial score (nSPS) is 23.0. The highest BCUT2D eigenvalue weighted by molar-refractivity contribution is 7.91. The summed E-state index contributed by atoms with van der Waals surface area (Å²) in [6, 6.07) is 7.99. The number of benzene rings is 1. The number of sulfone groups is 1. The third kappa shape index (κ3) is 5.87. The molecule has 9 nitrogen and oxygen atoms in total. The van der Waals surface area contributed by atoms with Crippen molar-refractivity contribution in [3.05, 3.63) is 46.5 Å². The number of halogens is 3. The van der Waals surface area contributed by atoms with Crippen LogP contribution in [0.15, 0.2) is 35.4 Å². The van der Waals surface area contributed by atoms with Gasteiger partial charge in [-0.2, -0.15) is 13.2 Å². The van der Waals surface area contributed by atoms with Gasteiger partial charge in [0.2, 0.25) is 5.95 Å². The molecule has 1 aliphatic carbocycles. The van der Waals surface area contributed by atoms with Crippen molar-refractivity contribution >= 4 is 38.5 Å². The molecule has 43 heavy (non-hydrogen) atoms. The lowest BCUT2D eigenvalue weighted by molar-refractivity contribution is -0.137. The molecule has 0 amide bonds. The van der Waals surface area contributed by atoms with Gasteiger partial charge in [-0.3, -0.25) is 4.90 Å². The molecule has 1 saturated carbocycles. The van der Waals surface area contributed by atoms with E-state index in [1.807, 2.05) is 17.0 Å². The largest absolute Gasteiger partial charge is 0.420 e. The highest BCUT2D eigenvalue weighted by Crippen LogP contribution is 2.46. The first kappa shape index (κ1) is 29.0. The van der Waals surface area contributed by atoms with Gasteiger partial charge in [-0.05, 0) is 55.5 Å². The molecule has 0 bridgehead atoms. The number of fused-ring (bicyclic) bond motifs is 1. The maximum absolute atomic E-state index is 14.2. The van der Waals surface area contributed by atoms with Gasteiger partial charge in [0.05, 0.1) is 40.5 Å². The molecule has 1 aromatic carbocycles. The fourth-order valence-corrected chi connectivity index (χ4v) is 9.04. The van der Waals surface area contributed by atoms with E-state index in [0.29, 0.717) is 43.1 Å². The molecule has 2 aromatic heterocycles. The number of hydrogen-bond donors (Lipinski definition) is 2. The number of aromatic nitrogens is 2. The summed E-state index contributed by atoms with van der Waals surface area (Å²) in [5, 5.41) is 6.65. The second-order valence-electron chi connectivity index (χ2n) is 11.8. The third-order valence-electron chi connectivity index (χ3n) is 8.60. The first-order valence-corrected chi connectivity index (χ1v) is 17.0. The Morgan fingerprint density at radius 3 is 2.67 bits per heavy atom. The third-order valence-corrected chi connectivity index (χ3v) is 11.6. The number of nitrogens with zero attached hydrogens (tertiary/aromatic N) is 4. The average Bonchev–Trinajstić information content (AvgIpc) is 3.70. The van der Waals surface area contributed by atoms with E-state index in [2.05, 4.69) is 38.5 Å². The van der Waals surface area contributed by atoms with E-state index in [1.54, 1.807) is 0 Å². The van der Waals surface area contributed by atoms with Crippen LogP contribution in [0.3, 0.4) is 0 Å². The van der Waals surface area contributed by atoms with Gasteiger partial charge in [0.25, 0.3) is 0 Å². The quantitative estimate of drug-likeness (QED) is 0.402. The van der Waals surface area contributed by atoms with Gasteiger partial charge in [0, 0.05) is 61.2 Å². The van der Waals surface area contributed by atoms with Crippen molar-refractivity contribution in [1.82, 2.24) is 20.2 Å². The van der Waals surface area contributed by atoms with E-state index in [-0.39, 0.29) is 33.2 Å². The van der Waals surface area contributed by atoms with E-state index in [4.69, 9.17) is 4.74 Å². The molecule has 4 aliphatic rings. The minimum absolute atomic E-state index is 0.0353. The van der Waals surface area contributed by atoms with Crippen LogP contribution in [0.5, 0.6) is 0 Å². The summed E-state index contributed by atoms with van der Waals surface area (Å²) in [5.74, 6) is 0.314. The summed E-state index contributed by atoms with van der Waals surface area (Å²) in [6.45, 7) is 6.60. The summed E-state index contributed by atoms with van der Waals surface area (Å²) in [6.07, 6.45) is -1.83. The van der Waals surface area contributed by atoms with Crippen molar-refractivity contribution in [3.8, 4) is 10.6 Å². The maximum Gasteiger partial charge on any atom is 0.420 e. The highest BCUT2D eigenvalue weighted by Gasteiger charge is 2.38. The zero-order valence-electron chi connectivity index (χ0n) is 23.7. The molecule has 1 atom stereocenters. The van der Waals surface area contributed by atoms with Crippen LogP contribution >= 0.6 is 11.3 Å². The second-order valence-corrected chi connectivity index (χ2v) is 15.0. The van der Waals surface area contributed by atoms with Gasteiger partial charge >= 0.3 is 6.18 Å². The molecule has 3 aromatic rings. The monoisotopic (exact) mass is 634 g/mol. The van der Waals surface area contributed by atoms with Gasteiger partial charge in [-0.15, -0.1) is 11.3 Å². The summed E-state index contributed by atoms with van der Waals surface area (Å²) >= 11 is 1.05. The van der Waals surface area contributed by atoms with Gasteiger partial charge < -0.3 is 20.3 Å². The molecular weight excluding hydrogens is 601 g/mol. The molecule has 2 saturated heterocycles. The Hall–Kier alpha value is -2.78. The Balaban J connectivity index is 1.23. The molecule has 0 spiro atoms. The smallest absolute Gasteiger partial charge is 0.378 e. The van der Waals surface area contributed by atoms with Crippen LogP contribution in [0.25, 0.3) is 10.6 Å². The molecule has 5 heterocycles. The fourth-order valence-electron chi connectivity index (χ4n) is 5.98. The first-order chi connectivity index (χ1) is 20.5. The van der Waals surface area contributed by atoms with Crippen LogP contribution in [-0.4, -0.2) is 80.5 Å².